The quantitative estimate of drug-likeness (QED) is 0.263. The van der Waals surface area contributed by atoms with Crippen LogP contribution in [0.25, 0.3) is 11.3 Å². The van der Waals surface area contributed by atoms with E-state index in [1.54, 1.807) is 68.4 Å². The zero-order valence-corrected chi connectivity index (χ0v) is 21.3. The van der Waals surface area contributed by atoms with Gasteiger partial charge < -0.3 is 19.1 Å². The predicted octanol–water partition coefficient (Wildman–Crippen LogP) is 6.48. The van der Waals surface area contributed by atoms with E-state index in [1.807, 2.05) is 18.2 Å². The van der Waals surface area contributed by atoms with Crippen molar-refractivity contribution in [2.24, 2.45) is 0 Å². The van der Waals surface area contributed by atoms with Gasteiger partial charge in [0.1, 0.15) is 23.2 Å². The van der Waals surface area contributed by atoms with Crippen LogP contribution in [0.1, 0.15) is 35.4 Å². The van der Waals surface area contributed by atoms with E-state index in [-0.39, 0.29) is 0 Å². The van der Waals surface area contributed by atoms with Crippen LogP contribution in [-0.4, -0.2) is 28.9 Å². The molecular weight excluding hydrogens is 508 g/mol. The molecule has 8 nitrogen and oxygen atoms in total. The van der Waals surface area contributed by atoms with Gasteiger partial charge in [-0.15, -0.1) is 0 Å². The van der Waals surface area contributed by atoms with Gasteiger partial charge in [-0.05, 0) is 62.4 Å². The van der Waals surface area contributed by atoms with E-state index < -0.39 is 24.8 Å². The number of carboxylic acid groups (broad SMARTS) is 1. The lowest BCUT2D eigenvalue weighted by Crippen LogP contribution is -2.17. The third-order valence-corrected chi connectivity index (χ3v) is 5.76. The summed E-state index contributed by atoms with van der Waals surface area (Å²) in [5.74, 6) is 5.84. The molecule has 192 valence electrons. The molecule has 0 aliphatic heterocycles. The van der Waals surface area contributed by atoms with Crippen molar-refractivity contribution in [3.8, 4) is 28.9 Å². The van der Waals surface area contributed by atoms with E-state index in [9.17, 15) is 9.59 Å². The van der Waals surface area contributed by atoms with Crippen molar-refractivity contribution in [3.63, 3.8) is 0 Å². The van der Waals surface area contributed by atoms with Crippen LogP contribution >= 0.6 is 11.6 Å². The van der Waals surface area contributed by atoms with Gasteiger partial charge in [0.05, 0.1) is 0 Å². The molecule has 4 rings (SSSR count). The van der Waals surface area contributed by atoms with Crippen molar-refractivity contribution in [2.75, 3.05) is 11.9 Å². The molecule has 0 bridgehead atoms. The van der Waals surface area contributed by atoms with Gasteiger partial charge in [0.15, 0.2) is 12.4 Å². The Morgan fingerprint density at radius 1 is 1.05 bits per heavy atom. The average molecular weight is 531 g/mol. The van der Waals surface area contributed by atoms with Gasteiger partial charge in [-0.2, -0.15) is 0 Å². The summed E-state index contributed by atoms with van der Waals surface area (Å²) in [4.78, 5) is 23.3. The second-order valence-corrected chi connectivity index (χ2v) is 8.61. The Morgan fingerprint density at radius 3 is 2.53 bits per heavy atom. The Hall–Kier alpha value is -4.74. The zero-order valence-electron chi connectivity index (χ0n) is 20.5. The molecule has 4 aromatic rings. The monoisotopic (exact) mass is 530 g/mol. The van der Waals surface area contributed by atoms with Crippen LogP contribution in [0.2, 0.25) is 5.02 Å². The summed E-state index contributed by atoms with van der Waals surface area (Å²) >= 11 is 6.20. The van der Waals surface area contributed by atoms with E-state index in [1.165, 1.54) is 0 Å². The topological polar surface area (TPSA) is 111 Å². The molecule has 0 aliphatic carbocycles. The summed E-state index contributed by atoms with van der Waals surface area (Å²) in [7, 11) is 0. The first kappa shape index (κ1) is 26.3. The standard InChI is InChI=1S/C29H23ClN2O6/c1-18-27(31-29(35)37-19(2)24-8-3-4-9-25(24)30)28(38-32-18)22-14-12-20(13-15-22)10-11-21-6-5-7-23(16-21)36-17-26(33)34/h3-9,12-16,19H,17H2,1-2H3,(H,31,35)(H,33,34). The highest BCUT2D eigenvalue weighted by molar-refractivity contribution is 6.31. The normalized spacial score (nSPS) is 11.1. The molecule has 0 fully saturated rings. The number of benzene rings is 3. The number of amides is 1. The summed E-state index contributed by atoms with van der Waals surface area (Å²) in [5, 5.41) is 16.0. The fourth-order valence-electron chi connectivity index (χ4n) is 3.53. The number of carbonyl (C=O) groups excluding carboxylic acids is 1. The first-order valence-electron chi connectivity index (χ1n) is 11.6. The molecule has 0 saturated heterocycles. The van der Waals surface area contributed by atoms with Crippen LogP contribution in [0, 0.1) is 18.8 Å². The van der Waals surface area contributed by atoms with Gasteiger partial charge in [0, 0.05) is 27.3 Å². The third kappa shape index (κ3) is 6.72. The minimum Gasteiger partial charge on any atom is -0.482 e. The van der Waals surface area contributed by atoms with E-state index in [0.717, 1.165) is 5.56 Å². The fraction of sp³-hybridized carbons (Fsp3) is 0.138. The van der Waals surface area contributed by atoms with Crippen molar-refractivity contribution in [3.05, 3.63) is 100 Å². The molecule has 1 atom stereocenters. The number of nitrogens with zero attached hydrogens (tertiary/aromatic N) is 1. The molecular formula is C29H23ClN2O6. The molecule has 0 aliphatic rings. The van der Waals surface area contributed by atoms with Crippen LogP contribution in [0.3, 0.4) is 0 Å². The Bertz CT molecular complexity index is 1520. The first-order valence-corrected chi connectivity index (χ1v) is 11.9. The highest BCUT2D eigenvalue weighted by Crippen LogP contribution is 2.32. The average Bonchev–Trinajstić information content (AvgIpc) is 3.26. The van der Waals surface area contributed by atoms with Crippen molar-refractivity contribution >= 4 is 29.4 Å². The molecule has 9 heteroatoms. The molecule has 0 radical (unpaired) electrons. The van der Waals surface area contributed by atoms with Crippen molar-refractivity contribution in [1.29, 1.82) is 0 Å². The molecule has 0 spiro atoms. The number of aryl methyl sites for hydroxylation is 1. The second-order valence-electron chi connectivity index (χ2n) is 8.20. The lowest BCUT2D eigenvalue weighted by atomic mass is 10.1. The lowest BCUT2D eigenvalue weighted by molar-refractivity contribution is -0.139. The number of aromatic nitrogens is 1. The van der Waals surface area contributed by atoms with Gasteiger partial charge in [0.25, 0.3) is 0 Å². The van der Waals surface area contributed by atoms with Crippen molar-refractivity contribution in [1.82, 2.24) is 5.16 Å². The molecule has 1 aromatic heterocycles. The van der Waals surface area contributed by atoms with Gasteiger partial charge in [-0.25, -0.2) is 9.59 Å². The summed E-state index contributed by atoms with van der Waals surface area (Å²) in [5.41, 5.74) is 3.70. The van der Waals surface area contributed by atoms with Crippen molar-refractivity contribution in [2.45, 2.75) is 20.0 Å². The Balaban J connectivity index is 1.45. The number of ether oxygens (including phenoxy) is 2. The molecule has 1 heterocycles. The Morgan fingerprint density at radius 2 is 1.79 bits per heavy atom. The smallest absolute Gasteiger partial charge is 0.412 e. The summed E-state index contributed by atoms with van der Waals surface area (Å²) < 4.78 is 16.2. The van der Waals surface area contributed by atoms with E-state index >= 15 is 0 Å². The van der Waals surface area contributed by atoms with Gasteiger partial charge in [-0.3, -0.25) is 5.32 Å². The van der Waals surface area contributed by atoms with Crippen LogP contribution in [-0.2, 0) is 9.53 Å². The first-order chi connectivity index (χ1) is 18.3. The Labute approximate surface area is 224 Å². The van der Waals surface area contributed by atoms with Gasteiger partial charge in [0.2, 0.25) is 0 Å². The maximum Gasteiger partial charge on any atom is 0.412 e. The second kappa shape index (κ2) is 12.0. The lowest BCUT2D eigenvalue weighted by Gasteiger charge is -2.15. The highest BCUT2D eigenvalue weighted by Gasteiger charge is 2.20. The summed E-state index contributed by atoms with van der Waals surface area (Å²) in [6.07, 6.45) is -1.23. The number of rotatable bonds is 7. The molecule has 1 unspecified atom stereocenters. The maximum atomic E-state index is 12.6. The number of aliphatic carboxylic acids is 1. The zero-order chi connectivity index (χ0) is 27.1. The molecule has 3 aromatic carbocycles. The van der Waals surface area contributed by atoms with Crippen LogP contribution in [0.4, 0.5) is 10.5 Å². The number of carbonyl (C=O) groups is 2. The highest BCUT2D eigenvalue weighted by atomic mass is 35.5. The molecule has 2 N–H and O–H groups in total. The predicted molar refractivity (Wildman–Crippen MR) is 142 cm³/mol. The SMILES string of the molecule is Cc1noc(-c2ccc(C#Cc3cccc(OCC(=O)O)c3)cc2)c1NC(=O)OC(C)c1ccccc1Cl. The number of carboxylic acids is 1. The number of hydrogen-bond donors (Lipinski definition) is 2. The minimum atomic E-state index is -1.05. The van der Waals surface area contributed by atoms with Crippen LogP contribution in [0.5, 0.6) is 5.75 Å². The maximum absolute atomic E-state index is 12.6. The summed E-state index contributed by atoms with van der Waals surface area (Å²) in [6.45, 7) is 3.03. The number of nitrogens with one attached hydrogen (secondary N) is 1. The van der Waals surface area contributed by atoms with E-state index in [2.05, 4.69) is 22.3 Å². The largest absolute Gasteiger partial charge is 0.482 e. The summed E-state index contributed by atoms with van der Waals surface area (Å²) in [6, 6.07) is 21.3. The fourth-order valence-corrected chi connectivity index (χ4v) is 3.82. The third-order valence-electron chi connectivity index (χ3n) is 5.41. The number of hydrogen-bond acceptors (Lipinski definition) is 6. The van der Waals surface area contributed by atoms with Crippen LogP contribution < -0.4 is 10.1 Å². The van der Waals surface area contributed by atoms with Gasteiger partial charge >= 0.3 is 12.1 Å². The molecule has 0 saturated carbocycles. The molecule has 1 amide bonds. The number of halogens is 1. The van der Waals surface area contributed by atoms with Crippen molar-refractivity contribution < 1.29 is 28.7 Å². The van der Waals surface area contributed by atoms with E-state index in [4.69, 9.17) is 30.7 Å². The van der Waals surface area contributed by atoms with E-state index in [0.29, 0.717) is 44.6 Å². The minimum absolute atomic E-state index is 0.382. The number of anilines is 1. The van der Waals surface area contributed by atoms with Gasteiger partial charge in [-0.1, -0.05) is 52.9 Å². The van der Waals surface area contributed by atoms with Crippen LogP contribution in [0.15, 0.2) is 77.3 Å². The molecule has 38 heavy (non-hydrogen) atoms. The Kier molecular flexibility index (Phi) is 8.31.